The van der Waals surface area contributed by atoms with Crippen LogP contribution in [0.25, 0.3) is 22.2 Å². The summed E-state index contributed by atoms with van der Waals surface area (Å²) in [6.07, 6.45) is 4.49. The SMILES string of the molecule is O=C(O)c1c(C2CC2)nc(-c2cncc(F)c2)n1Cc1cccc2ccccc12. The fourth-order valence-electron chi connectivity index (χ4n) is 3.85. The van der Waals surface area contributed by atoms with Gasteiger partial charge < -0.3 is 9.67 Å². The predicted molar refractivity (Wildman–Crippen MR) is 107 cm³/mol. The van der Waals surface area contributed by atoms with E-state index in [1.54, 1.807) is 4.57 Å². The zero-order valence-corrected chi connectivity index (χ0v) is 15.5. The summed E-state index contributed by atoms with van der Waals surface area (Å²) in [5, 5.41) is 12.1. The maximum atomic E-state index is 13.8. The molecule has 2 aromatic carbocycles. The average molecular weight is 387 g/mol. The molecule has 0 aliphatic heterocycles. The minimum Gasteiger partial charge on any atom is -0.477 e. The number of imidazole rings is 1. The Balaban J connectivity index is 1.72. The van der Waals surface area contributed by atoms with Gasteiger partial charge in [-0.25, -0.2) is 14.2 Å². The number of hydrogen-bond donors (Lipinski definition) is 1. The number of aromatic carboxylic acids is 1. The Bertz CT molecular complexity index is 1240. The second-order valence-corrected chi connectivity index (χ2v) is 7.36. The molecule has 0 spiro atoms. The number of fused-ring (bicyclic) bond motifs is 1. The number of hydrogen-bond acceptors (Lipinski definition) is 3. The highest BCUT2D eigenvalue weighted by Gasteiger charge is 2.34. The highest BCUT2D eigenvalue weighted by atomic mass is 19.1. The normalized spacial score (nSPS) is 13.7. The summed E-state index contributed by atoms with van der Waals surface area (Å²) in [6.45, 7) is 0.328. The van der Waals surface area contributed by atoms with Gasteiger partial charge in [-0.15, -0.1) is 0 Å². The van der Waals surface area contributed by atoms with Crippen LogP contribution in [0, 0.1) is 5.82 Å². The molecule has 0 bridgehead atoms. The van der Waals surface area contributed by atoms with Gasteiger partial charge in [0.1, 0.15) is 11.6 Å². The van der Waals surface area contributed by atoms with Gasteiger partial charge in [0, 0.05) is 17.7 Å². The lowest BCUT2D eigenvalue weighted by atomic mass is 10.0. The van der Waals surface area contributed by atoms with E-state index >= 15 is 0 Å². The fourth-order valence-corrected chi connectivity index (χ4v) is 3.85. The first-order chi connectivity index (χ1) is 14.1. The number of pyridine rings is 1. The van der Waals surface area contributed by atoms with E-state index in [1.165, 1.54) is 12.3 Å². The van der Waals surface area contributed by atoms with Crippen LogP contribution in [-0.4, -0.2) is 25.6 Å². The zero-order valence-electron chi connectivity index (χ0n) is 15.5. The van der Waals surface area contributed by atoms with Gasteiger partial charge in [-0.3, -0.25) is 4.98 Å². The minimum atomic E-state index is -1.02. The summed E-state index contributed by atoms with van der Waals surface area (Å²) in [4.78, 5) is 20.8. The van der Waals surface area contributed by atoms with Crippen molar-refractivity contribution in [2.45, 2.75) is 25.3 Å². The van der Waals surface area contributed by atoms with Crippen LogP contribution in [0.15, 0.2) is 60.9 Å². The third kappa shape index (κ3) is 3.16. The number of carboxylic acids is 1. The van der Waals surface area contributed by atoms with Gasteiger partial charge in [-0.1, -0.05) is 42.5 Å². The van der Waals surface area contributed by atoms with Crippen molar-refractivity contribution in [3.05, 3.63) is 83.7 Å². The molecule has 1 saturated carbocycles. The molecule has 5 rings (SSSR count). The van der Waals surface area contributed by atoms with Crippen molar-refractivity contribution >= 4 is 16.7 Å². The van der Waals surface area contributed by atoms with Crippen LogP contribution in [0.2, 0.25) is 0 Å². The van der Waals surface area contributed by atoms with Crippen molar-refractivity contribution in [3.63, 3.8) is 0 Å². The average Bonchev–Trinajstić information content (AvgIpc) is 3.49. The molecule has 0 amide bonds. The van der Waals surface area contributed by atoms with Crippen LogP contribution in [0.1, 0.15) is 40.5 Å². The first kappa shape index (κ1) is 17.6. The molecule has 0 atom stereocenters. The monoisotopic (exact) mass is 387 g/mol. The first-order valence-electron chi connectivity index (χ1n) is 9.53. The van der Waals surface area contributed by atoms with Crippen LogP contribution in [0.4, 0.5) is 4.39 Å². The summed E-state index contributed by atoms with van der Waals surface area (Å²) in [6, 6.07) is 15.3. The molecule has 1 aliphatic carbocycles. The van der Waals surface area contributed by atoms with Gasteiger partial charge in [0.05, 0.1) is 18.4 Å². The van der Waals surface area contributed by atoms with E-state index in [9.17, 15) is 14.3 Å². The van der Waals surface area contributed by atoms with Crippen molar-refractivity contribution in [3.8, 4) is 11.4 Å². The lowest BCUT2D eigenvalue weighted by Gasteiger charge is -2.13. The molecule has 1 aliphatic rings. The summed E-state index contributed by atoms with van der Waals surface area (Å²) < 4.78 is 15.5. The smallest absolute Gasteiger partial charge is 0.354 e. The molecule has 1 N–H and O–H groups in total. The maximum absolute atomic E-state index is 13.8. The molecular formula is C23H18FN3O2. The van der Waals surface area contributed by atoms with Crippen LogP contribution >= 0.6 is 0 Å². The molecule has 1 fully saturated rings. The number of benzene rings is 2. The van der Waals surface area contributed by atoms with Crippen molar-refractivity contribution < 1.29 is 14.3 Å². The number of rotatable bonds is 5. The first-order valence-corrected chi connectivity index (χ1v) is 9.53. The lowest BCUT2D eigenvalue weighted by Crippen LogP contribution is -2.12. The van der Waals surface area contributed by atoms with Crippen LogP contribution in [0.3, 0.4) is 0 Å². The molecule has 5 nitrogen and oxygen atoms in total. The summed E-state index contributed by atoms with van der Waals surface area (Å²) in [7, 11) is 0. The van der Waals surface area contributed by atoms with E-state index in [0.717, 1.165) is 35.4 Å². The van der Waals surface area contributed by atoms with E-state index in [1.807, 2.05) is 42.5 Å². The molecule has 0 radical (unpaired) electrons. The summed E-state index contributed by atoms with van der Waals surface area (Å²) in [5.74, 6) is -0.915. The van der Waals surface area contributed by atoms with E-state index in [-0.39, 0.29) is 11.6 Å². The van der Waals surface area contributed by atoms with E-state index in [0.29, 0.717) is 23.6 Å². The predicted octanol–water partition coefficient (Wildman–Crippen LogP) is 4.86. The Hall–Kier alpha value is -3.54. The molecule has 6 heteroatoms. The van der Waals surface area contributed by atoms with Gasteiger partial charge >= 0.3 is 5.97 Å². The number of nitrogens with zero attached hydrogens (tertiary/aromatic N) is 3. The van der Waals surface area contributed by atoms with Gasteiger partial charge in [-0.2, -0.15) is 0 Å². The third-order valence-electron chi connectivity index (χ3n) is 5.33. The van der Waals surface area contributed by atoms with E-state index in [2.05, 4.69) is 9.97 Å². The molecule has 144 valence electrons. The highest BCUT2D eigenvalue weighted by Crippen LogP contribution is 2.42. The Morgan fingerprint density at radius 1 is 1.14 bits per heavy atom. The van der Waals surface area contributed by atoms with Gasteiger partial charge in [0.15, 0.2) is 5.69 Å². The summed E-state index contributed by atoms with van der Waals surface area (Å²) in [5.41, 5.74) is 2.22. The van der Waals surface area contributed by atoms with Crippen molar-refractivity contribution in [2.75, 3.05) is 0 Å². The van der Waals surface area contributed by atoms with E-state index < -0.39 is 11.8 Å². The maximum Gasteiger partial charge on any atom is 0.354 e. The molecular weight excluding hydrogens is 369 g/mol. The molecule has 2 aromatic heterocycles. The second-order valence-electron chi connectivity index (χ2n) is 7.36. The third-order valence-corrected chi connectivity index (χ3v) is 5.33. The Morgan fingerprint density at radius 3 is 2.69 bits per heavy atom. The Morgan fingerprint density at radius 2 is 1.93 bits per heavy atom. The molecule has 29 heavy (non-hydrogen) atoms. The number of carboxylic acid groups (broad SMARTS) is 1. The summed E-state index contributed by atoms with van der Waals surface area (Å²) >= 11 is 0. The number of carbonyl (C=O) groups is 1. The molecule has 0 unspecified atom stereocenters. The minimum absolute atomic E-state index is 0.148. The van der Waals surface area contributed by atoms with Gasteiger partial charge in [0.2, 0.25) is 0 Å². The van der Waals surface area contributed by atoms with Crippen LogP contribution in [-0.2, 0) is 6.54 Å². The lowest BCUT2D eigenvalue weighted by molar-refractivity contribution is 0.0684. The topological polar surface area (TPSA) is 68.0 Å². The Kier molecular flexibility index (Phi) is 4.12. The highest BCUT2D eigenvalue weighted by molar-refractivity contribution is 5.89. The standard InChI is InChI=1S/C23H18FN3O2/c24-18-10-17(11-25-12-18)22-26-20(15-8-9-15)21(23(28)29)27(22)13-16-6-3-5-14-4-1-2-7-19(14)16/h1-7,10-12,15H,8-9,13H2,(H,28,29). The van der Waals surface area contributed by atoms with Crippen LogP contribution < -0.4 is 0 Å². The zero-order chi connectivity index (χ0) is 20.0. The quantitative estimate of drug-likeness (QED) is 0.531. The second kappa shape index (κ2) is 6.81. The van der Waals surface area contributed by atoms with Gasteiger partial charge in [-0.05, 0) is 35.2 Å². The van der Waals surface area contributed by atoms with Crippen molar-refractivity contribution in [1.82, 2.24) is 14.5 Å². The number of aromatic nitrogens is 3. The molecule has 2 heterocycles. The number of halogens is 1. The molecule has 4 aromatic rings. The largest absolute Gasteiger partial charge is 0.477 e. The fraction of sp³-hybridized carbons (Fsp3) is 0.174. The van der Waals surface area contributed by atoms with Crippen molar-refractivity contribution in [1.29, 1.82) is 0 Å². The molecule has 0 saturated heterocycles. The van der Waals surface area contributed by atoms with E-state index in [4.69, 9.17) is 0 Å². The van der Waals surface area contributed by atoms with Crippen molar-refractivity contribution in [2.24, 2.45) is 0 Å². The van der Waals surface area contributed by atoms with Crippen LogP contribution in [0.5, 0.6) is 0 Å². The Labute approximate surface area is 166 Å². The van der Waals surface area contributed by atoms with Gasteiger partial charge in [0.25, 0.3) is 0 Å².